The molecule has 3 N–H and O–H groups in total. The summed E-state index contributed by atoms with van der Waals surface area (Å²) in [6.07, 6.45) is 4.16. The summed E-state index contributed by atoms with van der Waals surface area (Å²) in [5, 5.41) is 8.66. The number of hydrogen-bond donors (Lipinski definition) is 2. The second kappa shape index (κ2) is 5.32. The highest BCUT2D eigenvalue weighted by molar-refractivity contribution is 5.75. The number of aliphatic hydroxyl groups excluding tert-OH is 1. The maximum atomic E-state index is 11.2. The van der Waals surface area contributed by atoms with E-state index in [0.29, 0.717) is 5.92 Å². The highest BCUT2D eigenvalue weighted by Gasteiger charge is 2.24. The van der Waals surface area contributed by atoms with Crippen molar-refractivity contribution >= 4 is 5.97 Å². The number of hydrogen-bond acceptors (Lipinski definition) is 4. The summed E-state index contributed by atoms with van der Waals surface area (Å²) >= 11 is 0. The average Bonchev–Trinajstić information content (AvgIpc) is 2.16. The van der Waals surface area contributed by atoms with Gasteiger partial charge in [-0.05, 0) is 25.2 Å². The van der Waals surface area contributed by atoms with Crippen LogP contribution in [0.2, 0.25) is 0 Å². The van der Waals surface area contributed by atoms with Gasteiger partial charge in [0, 0.05) is 0 Å². The summed E-state index contributed by atoms with van der Waals surface area (Å²) < 4.78 is 5.19. The molecule has 1 saturated carbocycles. The van der Waals surface area contributed by atoms with Gasteiger partial charge in [0.15, 0.2) is 0 Å². The van der Waals surface area contributed by atoms with Crippen molar-refractivity contribution in [3.05, 3.63) is 0 Å². The normalized spacial score (nSPS) is 29.6. The predicted molar refractivity (Wildman–Crippen MR) is 52.6 cm³/mol. The SMILES string of the molecule is CC1CCCC(OC(=O)C(N)CO)C1. The Bertz CT molecular complexity index is 196. The second-order valence-electron chi connectivity index (χ2n) is 4.12. The van der Waals surface area contributed by atoms with E-state index in [1.807, 2.05) is 0 Å². The molecule has 14 heavy (non-hydrogen) atoms. The monoisotopic (exact) mass is 201 g/mol. The van der Waals surface area contributed by atoms with Gasteiger partial charge in [-0.1, -0.05) is 13.3 Å². The van der Waals surface area contributed by atoms with Gasteiger partial charge in [0.05, 0.1) is 6.61 Å². The molecule has 0 aromatic rings. The standard InChI is InChI=1S/C10H19NO3/c1-7-3-2-4-8(5-7)14-10(13)9(11)6-12/h7-9,12H,2-6,11H2,1H3. The van der Waals surface area contributed by atoms with Crippen molar-refractivity contribution in [3.8, 4) is 0 Å². The summed E-state index contributed by atoms with van der Waals surface area (Å²) in [6.45, 7) is 1.81. The van der Waals surface area contributed by atoms with Gasteiger partial charge in [0.25, 0.3) is 0 Å². The molecular formula is C10H19NO3. The minimum atomic E-state index is -0.882. The van der Waals surface area contributed by atoms with Gasteiger partial charge in [0.2, 0.25) is 0 Å². The largest absolute Gasteiger partial charge is 0.461 e. The third-order valence-electron chi connectivity index (χ3n) is 2.67. The van der Waals surface area contributed by atoms with Crippen LogP contribution in [0.3, 0.4) is 0 Å². The van der Waals surface area contributed by atoms with Crippen LogP contribution in [0.5, 0.6) is 0 Å². The molecule has 1 fully saturated rings. The van der Waals surface area contributed by atoms with Crippen molar-refractivity contribution in [2.24, 2.45) is 11.7 Å². The predicted octanol–water partition coefficient (Wildman–Crippen LogP) is 0.428. The van der Waals surface area contributed by atoms with Gasteiger partial charge >= 0.3 is 5.97 Å². The first-order valence-electron chi connectivity index (χ1n) is 5.20. The van der Waals surface area contributed by atoms with Crippen LogP contribution in [-0.2, 0) is 9.53 Å². The molecule has 0 bridgehead atoms. The summed E-state index contributed by atoms with van der Waals surface area (Å²) in [5.74, 6) is 0.138. The number of ether oxygens (including phenoxy) is 1. The third kappa shape index (κ3) is 3.27. The number of carbonyl (C=O) groups excluding carboxylic acids is 1. The minimum Gasteiger partial charge on any atom is -0.461 e. The molecule has 1 aliphatic carbocycles. The van der Waals surface area contributed by atoms with Gasteiger partial charge in [-0.15, -0.1) is 0 Å². The topological polar surface area (TPSA) is 72.5 Å². The Labute approximate surface area is 84.4 Å². The fourth-order valence-electron chi connectivity index (χ4n) is 1.81. The lowest BCUT2D eigenvalue weighted by atomic mass is 9.89. The lowest BCUT2D eigenvalue weighted by molar-refractivity contribution is -0.153. The molecule has 82 valence electrons. The van der Waals surface area contributed by atoms with E-state index in [0.717, 1.165) is 19.3 Å². The zero-order chi connectivity index (χ0) is 10.6. The van der Waals surface area contributed by atoms with Crippen LogP contribution in [-0.4, -0.2) is 29.8 Å². The Hall–Kier alpha value is -0.610. The molecule has 0 aliphatic heterocycles. The molecular weight excluding hydrogens is 182 g/mol. The third-order valence-corrected chi connectivity index (χ3v) is 2.67. The van der Waals surface area contributed by atoms with Crippen molar-refractivity contribution < 1.29 is 14.6 Å². The quantitative estimate of drug-likeness (QED) is 0.649. The second-order valence-corrected chi connectivity index (χ2v) is 4.12. The first kappa shape index (κ1) is 11.5. The van der Waals surface area contributed by atoms with Crippen LogP contribution in [0.4, 0.5) is 0 Å². The molecule has 0 radical (unpaired) electrons. The zero-order valence-electron chi connectivity index (χ0n) is 8.61. The fraction of sp³-hybridized carbons (Fsp3) is 0.900. The van der Waals surface area contributed by atoms with Crippen LogP contribution >= 0.6 is 0 Å². The van der Waals surface area contributed by atoms with Crippen LogP contribution < -0.4 is 5.73 Å². The fourth-order valence-corrected chi connectivity index (χ4v) is 1.81. The Balaban J connectivity index is 2.32. The van der Waals surface area contributed by atoms with E-state index in [2.05, 4.69) is 6.92 Å². The summed E-state index contributed by atoms with van der Waals surface area (Å²) in [7, 11) is 0. The molecule has 3 atom stereocenters. The lowest BCUT2D eigenvalue weighted by Crippen LogP contribution is -2.38. The maximum Gasteiger partial charge on any atom is 0.325 e. The van der Waals surface area contributed by atoms with E-state index in [-0.39, 0.29) is 12.7 Å². The van der Waals surface area contributed by atoms with Crippen molar-refractivity contribution in [3.63, 3.8) is 0 Å². The average molecular weight is 201 g/mol. The smallest absolute Gasteiger partial charge is 0.325 e. The minimum absolute atomic E-state index is 0.00356. The summed E-state index contributed by atoms with van der Waals surface area (Å²) in [4.78, 5) is 11.2. The Morgan fingerprint density at radius 1 is 1.64 bits per heavy atom. The first-order valence-corrected chi connectivity index (χ1v) is 5.20. The Kier molecular flexibility index (Phi) is 4.35. The van der Waals surface area contributed by atoms with Crippen molar-refractivity contribution in [1.29, 1.82) is 0 Å². The van der Waals surface area contributed by atoms with Gasteiger partial charge < -0.3 is 15.6 Å². The van der Waals surface area contributed by atoms with Crippen molar-refractivity contribution in [1.82, 2.24) is 0 Å². The molecule has 0 aromatic heterocycles. The van der Waals surface area contributed by atoms with E-state index >= 15 is 0 Å². The molecule has 1 rings (SSSR count). The van der Waals surface area contributed by atoms with Gasteiger partial charge in [0.1, 0.15) is 12.1 Å². The molecule has 0 saturated heterocycles. The number of rotatable bonds is 3. The van der Waals surface area contributed by atoms with E-state index in [9.17, 15) is 4.79 Å². The van der Waals surface area contributed by atoms with E-state index in [4.69, 9.17) is 15.6 Å². The summed E-state index contributed by atoms with van der Waals surface area (Å²) in [5.41, 5.74) is 5.34. The van der Waals surface area contributed by atoms with Crippen LogP contribution in [0.25, 0.3) is 0 Å². The van der Waals surface area contributed by atoms with Gasteiger partial charge in [-0.3, -0.25) is 4.79 Å². The Morgan fingerprint density at radius 2 is 2.36 bits per heavy atom. The van der Waals surface area contributed by atoms with Crippen LogP contribution in [0.1, 0.15) is 32.6 Å². The van der Waals surface area contributed by atoms with Crippen LogP contribution in [0.15, 0.2) is 0 Å². The highest BCUT2D eigenvalue weighted by atomic mass is 16.5. The highest BCUT2D eigenvalue weighted by Crippen LogP contribution is 2.25. The van der Waals surface area contributed by atoms with E-state index in [1.54, 1.807) is 0 Å². The van der Waals surface area contributed by atoms with E-state index in [1.165, 1.54) is 6.42 Å². The van der Waals surface area contributed by atoms with Gasteiger partial charge in [-0.25, -0.2) is 0 Å². The molecule has 4 heteroatoms. The Morgan fingerprint density at radius 3 is 2.93 bits per heavy atom. The van der Waals surface area contributed by atoms with Crippen LogP contribution in [0, 0.1) is 5.92 Å². The maximum absolute atomic E-state index is 11.2. The number of aliphatic hydroxyl groups is 1. The molecule has 4 nitrogen and oxygen atoms in total. The molecule has 0 aromatic carbocycles. The molecule has 0 heterocycles. The molecule has 1 aliphatic rings. The summed E-state index contributed by atoms with van der Waals surface area (Å²) in [6, 6.07) is -0.882. The molecule has 0 amide bonds. The van der Waals surface area contributed by atoms with Crippen molar-refractivity contribution in [2.75, 3.05) is 6.61 Å². The number of nitrogens with two attached hydrogens (primary N) is 1. The number of carbonyl (C=O) groups is 1. The van der Waals surface area contributed by atoms with Crippen molar-refractivity contribution in [2.45, 2.75) is 44.8 Å². The molecule has 3 unspecified atom stereocenters. The molecule has 0 spiro atoms. The van der Waals surface area contributed by atoms with E-state index < -0.39 is 12.0 Å². The lowest BCUT2D eigenvalue weighted by Gasteiger charge is -2.27. The number of esters is 1. The van der Waals surface area contributed by atoms with Gasteiger partial charge in [-0.2, -0.15) is 0 Å². The zero-order valence-corrected chi connectivity index (χ0v) is 8.61. The first-order chi connectivity index (χ1) is 6.63.